The number of aliphatic hydroxyl groups is 1. The lowest BCUT2D eigenvalue weighted by atomic mass is 9.84. The second-order valence-electron chi connectivity index (χ2n) is 14.1. The van der Waals surface area contributed by atoms with E-state index in [1.54, 1.807) is 0 Å². The number of aliphatic hydroxyl groups excluding tert-OH is 1. The summed E-state index contributed by atoms with van der Waals surface area (Å²) in [7, 11) is 0. The third kappa shape index (κ3) is 18.4. The Labute approximate surface area is 283 Å². The number of allylic oxidation sites excluding steroid dienone is 2. The molecule has 4 aliphatic heterocycles. The van der Waals surface area contributed by atoms with Crippen molar-refractivity contribution in [2.24, 2.45) is 11.8 Å². The normalized spacial score (nSPS) is 26.5. The highest BCUT2D eigenvalue weighted by Gasteiger charge is 2.46. The van der Waals surface area contributed by atoms with Gasteiger partial charge in [-0.1, -0.05) is 135 Å². The zero-order chi connectivity index (χ0) is 33.2. The van der Waals surface area contributed by atoms with Crippen molar-refractivity contribution in [3.05, 3.63) is 24.3 Å². The van der Waals surface area contributed by atoms with Gasteiger partial charge in [-0.25, -0.2) is 0 Å². The summed E-state index contributed by atoms with van der Waals surface area (Å²) in [5, 5.41) is 18.7. The molecule has 7 atom stereocenters. The predicted molar refractivity (Wildman–Crippen MR) is 190 cm³/mol. The minimum absolute atomic E-state index is 0.0120. The molecule has 6 nitrogen and oxygen atoms in total. The summed E-state index contributed by atoms with van der Waals surface area (Å²) >= 11 is 0. The van der Waals surface area contributed by atoms with Crippen LogP contribution in [0.3, 0.4) is 0 Å². The first-order chi connectivity index (χ1) is 22.5. The van der Waals surface area contributed by atoms with E-state index in [1.165, 1.54) is 96.3 Å². The number of ether oxygens (including phenoxy) is 3. The van der Waals surface area contributed by atoms with Crippen LogP contribution in [0.5, 0.6) is 0 Å². The van der Waals surface area contributed by atoms with Gasteiger partial charge in [0.05, 0.1) is 24.4 Å². The molecule has 6 heteroatoms. The number of carbonyl (C=O) groups is 1. The fourth-order valence-corrected chi connectivity index (χ4v) is 7.07. The second kappa shape index (κ2) is 26.7. The minimum atomic E-state index is -0.745. The first-order valence-electron chi connectivity index (χ1n) is 19.6. The van der Waals surface area contributed by atoms with Gasteiger partial charge in [-0.2, -0.15) is 0 Å². The summed E-state index contributed by atoms with van der Waals surface area (Å²) < 4.78 is 17.7. The van der Waals surface area contributed by atoms with E-state index in [0.717, 1.165) is 57.5 Å². The Morgan fingerprint density at radius 3 is 2.17 bits per heavy atom. The van der Waals surface area contributed by atoms with Crippen molar-refractivity contribution in [3.63, 3.8) is 0 Å². The quantitative estimate of drug-likeness (QED) is 0.0757. The number of aliphatic carboxylic acids is 1. The summed E-state index contributed by atoms with van der Waals surface area (Å²) in [5.74, 6) is 0.390. The van der Waals surface area contributed by atoms with Gasteiger partial charge in [-0.05, 0) is 57.3 Å². The average Bonchev–Trinajstić information content (AvgIpc) is 3.04. The smallest absolute Gasteiger partial charge is 0.303 e. The van der Waals surface area contributed by atoms with Gasteiger partial charge in [0.25, 0.3) is 0 Å². The SMILES string of the molecule is CCCCCCCC[C@H]1OCCC[C@@H]1CCCCCCC.CCCCC[C@H](O)/C=C/[C@H]1O[C@H]2C[C@H](O2)[C@@H]1C/C=C\CCCC(=O)O. The average molecular weight is 649 g/mol. The fraction of sp³-hybridized carbons (Fsp3) is 0.875. The highest BCUT2D eigenvalue weighted by Crippen LogP contribution is 2.40. The number of rotatable bonds is 25. The van der Waals surface area contributed by atoms with Crippen LogP contribution < -0.4 is 0 Å². The first kappa shape index (κ1) is 41.0. The molecule has 4 fully saturated rings. The Hall–Kier alpha value is -1.21. The first-order valence-corrected chi connectivity index (χ1v) is 19.6. The molecule has 4 rings (SSSR count). The Bertz CT molecular complexity index is 791. The molecule has 0 spiro atoms. The Morgan fingerprint density at radius 2 is 1.48 bits per heavy atom. The molecule has 0 aromatic heterocycles. The van der Waals surface area contributed by atoms with Crippen LogP contribution in [-0.4, -0.2) is 53.5 Å². The van der Waals surface area contributed by atoms with Crippen LogP contribution in [-0.2, 0) is 19.0 Å². The zero-order valence-corrected chi connectivity index (χ0v) is 30.1. The molecule has 2 bridgehead atoms. The van der Waals surface area contributed by atoms with Crippen LogP contribution in [0.1, 0.15) is 175 Å². The number of fused-ring (bicyclic) bond motifs is 2. The molecule has 4 saturated heterocycles. The van der Waals surface area contributed by atoms with Crippen molar-refractivity contribution in [3.8, 4) is 0 Å². The lowest BCUT2D eigenvalue weighted by Gasteiger charge is -2.49. The highest BCUT2D eigenvalue weighted by atomic mass is 16.7. The number of carboxylic acid groups (broad SMARTS) is 1. The lowest BCUT2D eigenvalue weighted by molar-refractivity contribution is -0.337. The summed E-state index contributed by atoms with van der Waals surface area (Å²) in [5.41, 5.74) is 0. The van der Waals surface area contributed by atoms with Crippen LogP contribution in [0.2, 0.25) is 0 Å². The molecule has 0 unspecified atom stereocenters. The van der Waals surface area contributed by atoms with Crippen molar-refractivity contribution in [2.45, 2.75) is 206 Å². The minimum Gasteiger partial charge on any atom is -0.481 e. The molecule has 0 aromatic carbocycles. The molecule has 0 aromatic rings. The van der Waals surface area contributed by atoms with Gasteiger partial charge >= 0.3 is 5.97 Å². The van der Waals surface area contributed by atoms with Gasteiger partial charge in [0.2, 0.25) is 0 Å². The van der Waals surface area contributed by atoms with Crippen LogP contribution in [0, 0.1) is 11.8 Å². The van der Waals surface area contributed by atoms with E-state index >= 15 is 0 Å². The van der Waals surface area contributed by atoms with Crippen molar-refractivity contribution < 1.29 is 29.2 Å². The van der Waals surface area contributed by atoms with E-state index in [-0.39, 0.29) is 30.8 Å². The van der Waals surface area contributed by atoms with Crippen molar-refractivity contribution in [1.82, 2.24) is 0 Å². The molecule has 4 aliphatic rings. The molecule has 46 heavy (non-hydrogen) atoms. The Morgan fingerprint density at radius 1 is 0.826 bits per heavy atom. The highest BCUT2D eigenvalue weighted by molar-refractivity contribution is 5.66. The number of unbranched alkanes of at least 4 members (excludes halogenated alkanes) is 12. The van der Waals surface area contributed by atoms with E-state index in [9.17, 15) is 9.90 Å². The molecule has 0 radical (unpaired) electrons. The lowest BCUT2D eigenvalue weighted by Crippen LogP contribution is -2.55. The maximum absolute atomic E-state index is 10.5. The van der Waals surface area contributed by atoms with Crippen molar-refractivity contribution >= 4 is 5.97 Å². The molecule has 0 aliphatic carbocycles. The van der Waals surface area contributed by atoms with Gasteiger partial charge in [0.15, 0.2) is 6.29 Å². The standard InChI is InChI=1S/C20H32O5.C20H40O/c1-2-3-6-9-15(21)12-13-17-16(18-14-20(24-17)25-18)10-7-4-5-8-11-19(22)23;1-3-5-7-9-11-13-17-20-19(16-14-18-21-20)15-12-10-8-6-4-2/h4,7,12-13,15-18,20-21H,2-3,5-6,8-11,14H2,1H3,(H,22,23);19-20H,3-18H2,1-2H3/b7-4-,13-12+;/t15-,16+,17+,18-,20+;19-,20+/m00/s1. The maximum Gasteiger partial charge on any atom is 0.303 e. The van der Waals surface area contributed by atoms with Gasteiger partial charge in [0.1, 0.15) is 0 Å². The largest absolute Gasteiger partial charge is 0.481 e. The second-order valence-corrected chi connectivity index (χ2v) is 14.1. The summed E-state index contributed by atoms with van der Waals surface area (Å²) in [6, 6.07) is 0. The van der Waals surface area contributed by atoms with Gasteiger partial charge in [0, 0.05) is 25.4 Å². The molecule has 0 saturated carbocycles. The van der Waals surface area contributed by atoms with E-state index in [0.29, 0.717) is 12.5 Å². The Kier molecular flexibility index (Phi) is 23.8. The maximum atomic E-state index is 10.5. The third-order valence-electron chi connectivity index (χ3n) is 10.0. The van der Waals surface area contributed by atoms with Gasteiger partial charge < -0.3 is 24.4 Å². The van der Waals surface area contributed by atoms with E-state index in [2.05, 4.69) is 26.8 Å². The molecule has 2 N–H and O–H groups in total. The van der Waals surface area contributed by atoms with Crippen LogP contribution >= 0.6 is 0 Å². The van der Waals surface area contributed by atoms with Crippen molar-refractivity contribution in [2.75, 3.05) is 6.61 Å². The third-order valence-corrected chi connectivity index (χ3v) is 10.0. The molecule has 268 valence electrons. The predicted octanol–water partition coefficient (Wildman–Crippen LogP) is 10.7. The number of hydrogen-bond acceptors (Lipinski definition) is 5. The Balaban J connectivity index is 0.000000326. The monoisotopic (exact) mass is 649 g/mol. The van der Waals surface area contributed by atoms with E-state index in [4.69, 9.17) is 19.3 Å². The van der Waals surface area contributed by atoms with Gasteiger partial charge in [-0.15, -0.1) is 0 Å². The zero-order valence-electron chi connectivity index (χ0n) is 30.1. The number of hydrogen-bond donors (Lipinski definition) is 2. The number of carboxylic acids is 1. The summed E-state index contributed by atoms with van der Waals surface area (Å²) in [6.45, 7) is 7.77. The summed E-state index contributed by atoms with van der Waals surface area (Å²) in [6.07, 6.45) is 37.0. The van der Waals surface area contributed by atoms with Crippen LogP contribution in [0.25, 0.3) is 0 Å². The fourth-order valence-electron chi connectivity index (χ4n) is 7.07. The van der Waals surface area contributed by atoms with Crippen LogP contribution in [0.4, 0.5) is 0 Å². The van der Waals surface area contributed by atoms with Gasteiger partial charge in [-0.3, -0.25) is 4.79 Å². The molecule has 0 amide bonds. The van der Waals surface area contributed by atoms with E-state index in [1.807, 2.05) is 18.2 Å². The van der Waals surface area contributed by atoms with Crippen molar-refractivity contribution in [1.29, 1.82) is 0 Å². The molecular weight excluding hydrogens is 576 g/mol. The molecule has 4 heterocycles. The van der Waals surface area contributed by atoms with E-state index < -0.39 is 12.1 Å². The summed E-state index contributed by atoms with van der Waals surface area (Å²) in [4.78, 5) is 10.5. The van der Waals surface area contributed by atoms with Crippen LogP contribution in [0.15, 0.2) is 24.3 Å². The molecular formula is C40H72O6. The topological polar surface area (TPSA) is 85.2 Å².